The van der Waals surface area contributed by atoms with Gasteiger partial charge in [-0.3, -0.25) is 15.0 Å². The Morgan fingerprint density at radius 1 is 1.39 bits per heavy atom. The molecule has 1 aromatic rings. The molecule has 5 heteroatoms. The Labute approximate surface area is 116 Å². The molecule has 0 aliphatic heterocycles. The fraction of sp³-hybridized carbons (Fsp3) is 0.538. The number of nitro groups is 1. The molecular formula is C13H19BrN2O2. The zero-order valence-corrected chi connectivity index (χ0v) is 12.4. The van der Waals surface area contributed by atoms with Gasteiger partial charge in [0, 0.05) is 12.6 Å². The Morgan fingerprint density at radius 3 is 2.67 bits per heavy atom. The maximum atomic E-state index is 10.9. The van der Waals surface area contributed by atoms with Crippen molar-refractivity contribution in [1.29, 1.82) is 0 Å². The minimum Gasteiger partial charge on any atom is -0.299 e. The van der Waals surface area contributed by atoms with E-state index in [9.17, 15) is 10.1 Å². The van der Waals surface area contributed by atoms with Crippen LogP contribution in [0, 0.1) is 10.1 Å². The van der Waals surface area contributed by atoms with Gasteiger partial charge in [0.15, 0.2) is 0 Å². The number of hydrogen-bond donors (Lipinski definition) is 0. The molecule has 0 aliphatic carbocycles. The summed E-state index contributed by atoms with van der Waals surface area (Å²) in [6.45, 7) is 7.05. The first-order valence-corrected chi connectivity index (χ1v) is 7.03. The van der Waals surface area contributed by atoms with Gasteiger partial charge in [0.25, 0.3) is 5.69 Å². The van der Waals surface area contributed by atoms with Gasteiger partial charge >= 0.3 is 0 Å². The van der Waals surface area contributed by atoms with E-state index in [0.717, 1.165) is 38.0 Å². The smallest absolute Gasteiger partial charge is 0.283 e. The summed E-state index contributed by atoms with van der Waals surface area (Å²) in [6, 6.07) is 5.34. The van der Waals surface area contributed by atoms with Gasteiger partial charge in [-0.05, 0) is 47.1 Å². The summed E-state index contributed by atoms with van der Waals surface area (Å²) in [5.41, 5.74) is 1.13. The van der Waals surface area contributed by atoms with Crippen molar-refractivity contribution in [2.45, 2.75) is 33.2 Å². The van der Waals surface area contributed by atoms with Crippen molar-refractivity contribution in [2.75, 3.05) is 13.1 Å². The second-order valence-electron chi connectivity index (χ2n) is 4.27. The first kappa shape index (κ1) is 15.1. The molecule has 0 bridgehead atoms. The molecule has 0 fully saturated rings. The number of nitro benzene ring substituents is 1. The molecule has 0 aliphatic rings. The molecule has 0 aromatic heterocycles. The van der Waals surface area contributed by atoms with Crippen LogP contribution >= 0.6 is 15.9 Å². The Hall–Kier alpha value is -0.940. The van der Waals surface area contributed by atoms with Gasteiger partial charge in [0.2, 0.25) is 0 Å². The van der Waals surface area contributed by atoms with E-state index in [1.54, 1.807) is 12.1 Å². The number of nitrogens with zero attached hydrogens (tertiary/aromatic N) is 2. The van der Waals surface area contributed by atoms with Crippen LogP contribution in [0.4, 0.5) is 5.69 Å². The minimum atomic E-state index is -0.351. The van der Waals surface area contributed by atoms with Crippen molar-refractivity contribution in [2.24, 2.45) is 0 Å². The highest BCUT2D eigenvalue weighted by molar-refractivity contribution is 9.10. The molecule has 18 heavy (non-hydrogen) atoms. The zero-order chi connectivity index (χ0) is 13.5. The summed E-state index contributed by atoms with van der Waals surface area (Å²) in [6.07, 6.45) is 2.32. The SMILES string of the molecule is CCCCN(CC)Cc1ccc(Br)c([N+](=O)[O-])c1. The number of rotatable bonds is 7. The average molecular weight is 315 g/mol. The van der Waals surface area contributed by atoms with Crippen molar-refractivity contribution >= 4 is 21.6 Å². The van der Waals surface area contributed by atoms with E-state index >= 15 is 0 Å². The summed E-state index contributed by atoms with van der Waals surface area (Å²) in [7, 11) is 0. The topological polar surface area (TPSA) is 46.4 Å². The van der Waals surface area contributed by atoms with Crippen LogP contribution < -0.4 is 0 Å². The molecule has 1 aromatic carbocycles. The van der Waals surface area contributed by atoms with E-state index in [1.165, 1.54) is 0 Å². The maximum absolute atomic E-state index is 10.9. The van der Waals surface area contributed by atoms with Gasteiger partial charge in [-0.1, -0.05) is 26.3 Å². The van der Waals surface area contributed by atoms with E-state index < -0.39 is 0 Å². The lowest BCUT2D eigenvalue weighted by Gasteiger charge is -2.20. The van der Waals surface area contributed by atoms with Gasteiger partial charge in [-0.2, -0.15) is 0 Å². The summed E-state index contributed by atoms with van der Waals surface area (Å²) < 4.78 is 0.535. The number of unbranched alkanes of at least 4 members (excludes halogenated alkanes) is 1. The van der Waals surface area contributed by atoms with Crippen LogP contribution in [0.1, 0.15) is 32.3 Å². The number of benzene rings is 1. The number of halogens is 1. The van der Waals surface area contributed by atoms with Crippen LogP contribution in [-0.4, -0.2) is 22.9 Å². The molecule has 100 valence electrons. The van der Waals surface area contributed by atoms with Gasteiger partial charge in [0.1, 0.15) is 0 Å². The highest BCUT2D eigenvalue weighted by atomic mass is 79.9. The normalized spacial score (nSPS) is 10.9. The Kier molecular flexibility index (Phi) is 6.29. The Morgan fingerprint density at radius 2 is 2.11 bits per heavy atom. The first-order valence-electron chi connectivity index (χ1n) is 6.23. The van der Waals surface area contributed by atoms with Gasteiger partial charge in [0.05, 0.1) is 9.40 Å². The van der Waals surface area contributed by atoms with Crippen LogP contribution in [0.25, 0.3) is 0 Å². The predicted octanol–water partition coefficient (Wildman–Crippen LogP) is 3.98. The van der Waals surface area contributed by atoms with Crippen LogP contribution in [0.3, 0.4) is 0 Å². The summed E-state index contributed by atoms with van der Waals surface area (Å²) in [4.78, 5) is 12.8. The third-order valence-corrected chi connectivity index (χ3v) is 3.56. The molecule has 0 radical (unpaired) electrons. The predicted molar refractivity (Wildman–Crippen MR) is 76.7 cm³/mol. The lowest BCUT2D eigenvalue weighted by Crippen LogP contribution is -2.23. The lowest BCUT2D eigenvalue weighted by molar-refractivity contribution is -0.385. The van der Waals surface area contributed by atoms with Crippen LogP contribution in [0.2, 0.25) is 0 Å². The van der Waals surface area contributed by atoms with E-state index in [-0.39, 0.29) is 10.6 Å². The van der Waals surface area contributed by atoms with Crippen molar-refractivity contribution in [1.82, 2.24) is 4.90 Å². The second kappa shape index (κ2) is 7.48. The van der Waals surface area contributed by atoms with Crippen molar-refractivity contribution in [3.05, 3.63) is 38.3 Å². The molecule has 0 spiro atoms. The molecule has 0 heterocycles. The van der Waals surface area contributed by atoms with E-state index in [4.69, 9.17) is 0 Å². The van der Waals surface area contributed by atoms with Crippen molar-refractivity contribution in [3.8, 4) is 0 Å². The Bertz CT molecular complexity index is 410. The van der Waals surface area contributed by atoms with Crippen LogP contribution in [0.5, 0.6) is 0 Å². The van der Waals surface area contributed by atoms with Gasteiger partial charge in [-0.25, -0.2) is 0 Å². The van der Waals surface area contributed by atoms with Gasteiger partial charge in [-0.15, -0.1) is 0 Å². The largest absolute Gasteiger partial charge is 0.299 e. The molecule has 0 N–H and O–H groups in total. The van der Waals surface area contributed by atoms with E-state index in [0.29, 0.717) is 4.47 Å². The van der Waals surface area contributed by atoms with E-state index in [1.807, 2.05) is 6.07 Å². The highest BCUT2D eigenvalue weighted by Gasteiger charge is 2.13. The van der Waals surface area contributed by atoms with E-state index in [2.05, 4.69) is 34.7 Å². The summed E-state index contributed by atoms with van der Waals surface area (Å²) >= 11 is 3.20. The first-order chi connectivity index (χ1) is 8.58. The molecule has 0 atom stereocenters. The third kappa shape index (κ3) is 4.38. The van der Waals surface area contributed by atoms with Crippen LogP contribution in [0.15, 0.2) is 22.7 Å². The average Bonchev–Trinajstić information content (AvgIpc) is 2.36. The summed E-state index contributed by atoms with van der Waals surface area (Å²) in [5, 5.41) is 10.9. The second-order valence-corrected chi connectivity index (χ2v) is 5.12. The minimum absolute atomic E-state index is 0.138. The summed E-state index contributed by atoms with van der Waals surface area (Å²) in [5.74, 6) is 0. The molecule has 0 unspecified atom stereocenters. The fourth-order valence-electron chi connectivity index (χ4n) is 1.79. The standard InChI is InChI=1S/C13H19BrN2O2/c1-3-5-8-15(4-2)10-11-6-7-12(14)13(9-11)16(17)18/h6-7,9H,3-5,8,10H2,1-2H3. The molecule has 0 amide bonds. The molecule has 4 nitrogen and oxygen atoms in total. The zero-order valence-electron chi connectivity index (χ0n) is 10.9. The maximum Gasteiger partial charge on any atom is 0.283 e. The molecule has 0 saturated carbocycles. The van der Waals surface area contributed by atoms with Gasteiger partial charge < -0.3 is 0 Å². The van der Waals surface area contributed by atoms with Crippen LogP contribution in [-0.2, 0) is 6.54 Å². The Balaban J connectivity index is 2.77. The highest BCUT2D eigenvalue weighted by Crippen LogP contribution is 2.26. The van der Waals surface area contributed by atoms with Crippen molar-refractivity contribution in [3.63, 3.8) is 0 Å². The fourth-order valence-corrected chi connectivity index (χ4v) is 2.18. The quantitative estimate of drug-likeness (QED) is 0.565. The number of hydrogen-bond acceptors (Lipinski definition) is 3. The molecule has 1 rings (SSSR count). The molecule has 0 saturated heterocycles. The third-order valence-electron chi connectivity index (χ3n) is 2.89. The lowest BCUT2D eigenvalue weighted by atomic mass is 10.2. The van der Waals surface area contributed by atoms with Crippen molar-refractivity contribution < 1.29 is 4.92 Å². The monoisotopic (exact) mass is 314 g/mol. The molecular weight excluding hydrogens is 296 g/mol.